The number of benzene rings is 1. The molecule has 0 atom stereocenters. The third kappa shape index (κ3) is 3.88. The van der Waals surface area contributed by atoms with Crippen molar-refractivity contribution in [3.05, 3.63) is 30.1 Å². The van der Waals surface area contributed by atoms with E-state index in [1.54, 1.807) is 18.2 Å². The fourth-order valence-corrected chi connectivity index (χ4v) is 3.27. The molecule has 0 bridgehead atoms. The molecule has 20 heavy (non-hydrogen) atoms. The van der Waals surface area contributed by atoms with Crippen LogP contribution in [0.5, 0.6) is 0 Å². The molecule has 2 amide bonds. The van der Waals surface area contributed by atoms with Gasteiger partial charge >= 0.3 is 6.03 Å². The number of carbonyl (C=O) groups excluding carboxylic acids is 1. The van der Waals surface area contributed by atoms with E-state index in [4.69, 9.17) is 0 Å². The molecule has 3 nitrogen and oxygen atoms in total. The number of urea groups is 1. The lowest BCUT2D eigenvalue weighted by Crippen LogP contribution is -2.44. The van der Waals surface area contributed by atoms with Crippen LogP contribution < -0.4 is 4.72 Å². The Morgan fingerprint density at radius 3 is 2.70 bits per heavy atom. The van der Waals surface area contributed by atoms with E-state index in [0.29, 0.717) is 17.5 Å². The van der Waals surface area contributed by atoms with Gasteiger partial charge in [0.15, 0.2) is 0 Å². The van der Waals surface area contributed by atoms with Crippen molar-refractivity contribution in [1.29, 1.82) is 0 Å². The van der Waals surface area contributed by atoms with Crippen LogP contribution >= 0.6 is 11.9 Å². The molecule has 1 N–H and O–H groups in total. The molecule has 110 valence electrons. The van der Waals surface area contributed by atoms with Crippen molar-refractivity contribution in [3.63, 3.8) is 0 Å². The fourth-order valence-electron chi connectivity index (χ4n) is 2.65. The van der Waals surface area contributed by atoms with Gasteiger partial charge in [-0.25, -0.2) is 9.18 Å². The molecule has 0 radical (unpaired) electrons. The number of amides is 2. The molecule has 1 saturated carbocycles. The highest BCUT2D eigenvalue weighted by molar-refractivity contribution is 7.98. The first-order chi connectivity index (χ1) is 9.72. The van der Waals surface area contributed by atoms with E-state index in [0.717, 1.165) is 24.8 Å². The molecule has 5 heteroatoms. The van der Waals surface area contributed by atoms with Gasteiger partial charge in [0.05, 0.1) is 4.90 Å². The number of nitrogens with zero attached hydrogens (tertiary/aromatic N) is 1. The Morgan fingerprint density at radius 1 is 1.35 bits per heavy atom. The quantitative estimate of drug-likeness (QED) is 0.845. The summed E-state index contributed by atoms with van der Waals surface area (Å²) in [6.45, 7) is 2.68. The summed E-state index contributed by atoms with van der Waals surface area (Å²) in [7, 11) is 0. The van der Waals surface area contributed by atoms with Gasteiger partial charge in [-0.05, 0) is 43.8 Å². The summed E-state index contributed by atoms with van der Waals surface area (Å²) >= 11 is 1.05. The smallest absolute Gasteiger partial charge is 0.321 e. The van der Waals surface area contributed by atoms with E-state index in [1.165, 1.54) is 25.3 Å². The van der Waals surface area contributed by atoms with Crippen molar-refractivity contribution >= 4 is 18.0 Å². The Bertz CT molecular complexity index is 449. The molecule has 0 unspecified atom stereocenters. The largest absolute Gasteiger partial charge is 0.327 e. The average Bonchev–Trinajstić information content (AvgIpc) is 2.48. The predicted octanol–water partition coefficient (Wildman–Crippen LogP) is 4.20. The lowest BCUT2D eigenvalue weighted by atomic mass is 9.94. The summed E-state index contributed by atoms with van der Waals surface area (Å²) in [4.78, 5) is 14.5. The number of halogens is 1. The molecule has 0 aromatic heterocycles. The maximum Gasteiger partial charge on any atom is 0.327 e. The van der Waals surface area contributed by atoms with Crippen molar-refractivity contribution in [1.82, 2.24) is 9.62 Å². The van der Waals surface area contributed by atoms with Gasteiger partial charge in [-0.3, -0.25) is 4.72 Å². The van der Waals surface area contributed by atoms with E-state index in [1.807, 2.05) is 11.8 Å². The molecule has 0 saturated heterocycles. The van der Waals surface area contributed by atoms with Gasteiger partial charge < -0.3 is 4.90 Å². The van der Waals surface area contributed by atoms with Crippen molar-refractivity contribution in [3.8, 4) is 0 Å². The number of rotatable bonds is 4. The Balaban J connectivity index is 1.90. The van der Waals surface area contributed by atoms with Crippen LogP contribution in [0.1, 0.15) is 39.0 Å². The average molecular weight is 296 g/mol. The van der Waals surface area contributed by atoms with Crippen LogP contribution in [0.15, 0.2) is 29.2 Å². The monoisotopic (exact) mass is 296 g/mol. The minimum atomic E-state index is -0.307. The minimum Gasteiger partial charge on any atom is -0.321 e. The summed E-state index contributed by atoms with van der Waals surface area (Å²) in [6.07, 6.45) is 5.79. The highest BCUT2D eigenvalue weighted by Crippen LogP contribution is 2.24. The molecule has 0 heterocycles. The molecule has 2 rings (SSSR count). The summed E-state index contributed by atoms with van der Waals surface area (Å²) < 4.78 is 16.2. The van der Waals surface area contributed by atoms with Crippen molar-refractivity contribution in [2.45, 2.75) is 50.0 Å². The summed E-state index contributed by atoms with van der Waals surface area (Å²) in [5, 5.41) is 0. The number of nitrogens with one attached hydrogen (secondary N) is 1. The lowest BCUT2D eigenvalue weighted by molar-refractivity contribution is 0.165. The van der Waals surface area contributed by atoms with Crippen LogP contribution in [-0.4, -0.2) is 23.5 Å². The lowest BCUT2D eigenvalue weighted by Gasteiger charge is -2.33. The van der Waals surface area contributed by atoms with Crippen LogP contribution in [0.4, 0.5) is 9.18 Å². The van der Waals surface area contributed by atoms with Gasteiger partial charge in [0.2, 0.25) is 0 Å². The van der Waals surface area contributed by atoms with Crippen LogP contribution in [0.25, 0.3) is 0 Å². The molecule has 1 fully saturated rings. The highest BCUT2D eigenvalue weighted by atomic mass is 32.2. The van der Waals surface area contributed by atoms with Gasteiger partial charge in [-0.2, -0.15) is 0 Å². The zero-order chi connectivity index (χ0) is 14.4. The molecule has 0 spiro atoms. The van der Waals surface area contributed by atoms with Gasteiger partial charge in [0, 0.05) is 12.6 Å². The maximum absolute atomic E-state index is 13.5. The van der Waals surface area contributed by atoms with E-state index in [-0.39, 0.29) is 11.8 Å². The van der Waals surface area contributed by atoms with Crippen LogP contribution in [0, 0.1) is 5.82 Å². The SMILES string of the molecule is CCN(C(=O)NSc1ccccc1F)C1CCCCC1. The van der Waals surface area contributed by atoms with Crippen LogP contribution in [0.3, 0.4) is 0 Å². The second-order valence-electron chi connectivity index (χ2n) is 5.02. The second-order valence-corrected chi connectivity index (χ2v) is 5.87. The molecule has 1 aromatic rings. The van der Waals surface area contributed by atoms with E-state index in [2.05, 4.69) is 4.72 Å². The normalized spacial score (nSPS) is 15.9. The van der Waals surface area contributed by atoms with Crippen molar-refractivity contribution in [2.75, 3.05) is 6.54 Å². The predicted molar refractivity (Wildman–Crippen MR) is 80.0 cm³/mol. The fraction of sp³-hybridized carbons (Fsp3) is 0.533. The van der Waals surface area contributed by atoms with Crippen molar-refractivity contribution in [2.24, 2.45) is 0 Å². The standard InChI is InChI=1S/C15H21FN2OS/c1-2-18(12-8-4-3-5-9-12)15(19)17-20-14-11-7-6-10-13(14)16/h6-7,10-12H,2-5,8-9H2,1H3,(H,17,19). The first-order valence-electron chi connectivity index (χ1n) is 7.20. The van der Waals surface area contributed by atoms with Gasteiger partial charge in [0.25, 0.3) is 0 Å². The van der Waals surface area contributed by atoms with Crippen molar-refractivity contribution < 1.29 is 9.18 Å². The molecule has 1 aromatic carbocycles. The Morgan fingerprint density at radius 2 is 2.05 bits per heavy atom. The first kappa shape index (κ1) is 15.2. The van der Waals surface area contributed by atoms with E-state index < -0.39 is 0 Å². The number of hydrogen-bond donors (Lipinski definition) is 1. The van der Waals surface area contributed by atoms with E-state index in [9.17, 15) is 9.18 Å². The Labute approximate surface area is 124 Å². The number of hydrogen-bond acceptors (Lipinski definition) is 2. The van der Waals surface area contributed by atoms with Gasteiger partial charge in [-0.15, -0.1) is 0 Å². The zero-order valence-corrected chi connectivity index (χ0v) is 12.6. The molecular formula is C15H21FN2OS. The van der Waals surface area contributed by atoms with Crippen LogP contribution in [-0.2, 0) is 0 Å². The van der Waals surface area contributed by atoms with Gasteiger partial charge in [-0.1, -0.05) is 31.4 Å². The maximum atomic E-state index is 13.5. The highest BCUT2D eigenvalue weighted by Gasteiger charge is 2.24. The summed E-state index contributed by atoms with van der Waals surface area (Å²) in [5.41, 5.74) is 0. The molecule has 1 aliphatic rings. The number of carbonyl (C=O) groups is 1. The first-order valence-corrected chi connectivity index (χ1v) is 8.02. The third-order valence-corrected chi connectivity index (χ3v) is 4.53. The topological polar surface area (TPSA) is 32.3 Å². The zero-order valence-electron chi connectivity index (χ0n) is 11.8. The van der Waals surface area contributed by atoms with Crippen LogP contribution in [0.2, 0.25) is 0 Å². The third-order valence-electron chi connectivity index (χ3n) is 3.70. The minimum absolute atomic E-state index is 0.118. The second kappa shape index (κ2) is 7.53. The van der Waals surface area contributed by atoms with E-state index >= 15 is 0 Å². The Hall–Kier alpha value is -1.23. The van der Waals surface area contributed by atoms with Gasteiger partial charge in [0.1, 0.15) is 5.82 Å². The molecular weight excluding hydrogens is 275 g/mol. The molecule has 1 aliphatic carbocycles. The summed E-state index contributed by atoms with van der Waals surface area (Å²) in [6, 6.07) is 6.67. The summed E-state index contributed by atoms with van der Waals surface area (Å²) in [5.74, 6) is -0.307. The molecule has 0 aliphatic heterocycles. The Kier molecular flexibility index (Phi) is 5.71.